The minimum atomic E-state index is -4.87. The van der Waals surface area contributed by atoms with Crippen molar-refractivity contribution in [3.05, 3.63) is 0 Å². The summed E-state index contributed by atoms with van der Waals surface area (Å²) in [6.07, 6.45) is 0.598. The van der Waals surface area contributed by atoms with E-state index in [4.69, 9.17) is 14.5 Å². The molecule has 0 aromatic carbocycles. The van der Waals surface area contributed by atoms with Crippen LogP contribution in [0.25, 0.3) is 0 Å². The van der Waals surface area contributed by atoms with E-state index in [0.29, 0.717) is 37.3 Å². The number of carbonyl (C=O) groups is 3. The van der Waals surface area contributed by atoms with E-state index in [1.807, 2.05) is 0 Å². The third-order valence-electron chi connectivity index (χ3n) is 5.88. The molecule has 4 amide bonds. The maximum Gasteiger partial charge on any atom is 0.418 e. The van der Waals surface area contributed by atoms with Gasteiger partial charge in [0.2, 0.25) is 0 Å². The Morgan fingerprint density at radius 3 is 2.54 bits per heavy atom. The molecule has 13 nitrogen and oxygen atoms in total. The van der Waals surface area contributed by atoms with Crippen molar-refractivity contribution in [3.8, 4) is 0 Å². The highest BCUT2D eigenvalue weighted by molar-refractivity contribution is 7.80. The zero-order valence-electron chi connectivity index (χ0n) is 14.7. The monoisotopic (exact) mass is 420 g/mol. The van der Waals surface area contributed by atoms with Gasteiger partial charge in [0, 0.05) is 13.1 Å². The normalized spacial score (nSPS) is 30.8. The van der Waals surface area contributed by atoms with Gasteiger partial charge in [-0.3, -0.25) is 14.2 Å². The molecular weight excluding hydrogens is 400 g/mol. The first-order valence-corrected chi connectivity index (χ1v) is 10.2. The number of hydrogen-bond donors (Lipinski definition) is 3. The Bertz CT molecular complexity index is 814. The summed E-state index contributed by atoms with van der Waals surface area (Å²) in [6.45, 7) is 0.532. The van der Waals surface area contributed by atoms with Crippen molar-refractivity contribution < 1.29 is 41.6 Å². The fraction of sp³-hybridized carbons (Fsp3) is 0.786. The fourth-order valence-corrected chi connectivity index (χ4v) is 4.63. The van der Waals surface area contributed by atoms with Crippen LogP contribution in [0.2, 0.25) is 0 Å². The van der Waals surface area contributed by atoms with Crippen molar-refractivity contribution in [1.82, 2.24) is 20.3 Å². The van der Waals surface area contributed by atoms with Crippen LogP contribution in [0.3, 0.4) is 0 Å². The second-order valence-electron chi connectivity index (χ2n) is 7.58. The highest BCUT2D eigenvalue weighted by atomic mass is 32.3. The molecule has 4 rings (SSSR count). The summed E-state index contributed by atoms with van der Waals surface area (Å²) in [6, 6.07) is -2.26. The van der Waals surface area contributed by atoms with Crippen molar-refractivity contribution in [1.29, 1.82) is 0 Å². The number of carbonyl (C=O) groups excluding carboxylic acids is 2. The lowest BCUT2D eigenvalue weighted by Crippen LogP contribution is -2.53. The Kier molecular flexibility index (Phi) is 4.41. The largest absolute Gasteiger partial charge is 0.465 e. The Labute approximate surface area is 160 Å². The van der Waals surface area contributed by atoms with Gasteiger partial charge in [-0.1, -0.05) is 0 Å². The van der Waals surface area contributed by atoms with Crippen molar-refractivity contribution in [2.24, 2.45) is 5.41 Å². The minimum Gasteiger partial charge on any atom is -0.465 e. The van der Waals surface area contributed by atoms with Gasteiger partial charge in [-0.25, -0.2) is 15.1 Å². The zero-order valence-corrected chi connectivity index (χ0v) is 15.5. The SMILES string of the molecule is O=C(NO[C@H]1CCN(C(=O)O)C1)[C@@H]1CC2(CC2)[C@@H]2CN1C(=O)N2OS(=O)(=O)O. The van der Waals surface area contributed by atoms with E-state index in [1.54, 1.807) is 0 Å². The highest BCUT2D eigenvalue weighted by Crippen LogP contribution is 2.59. The molecular formula is C14H20N4O9S. The van der Waals surface area contributed by atoms with Crippen LogP contribution in [0.1, 0.15) is 25.7 Å². The van der Waals surface area contributed by atoms with Gasteiger partial charge in [0.1, 0.15) is 12.1 Å². The Morgan fingerprint density at radius 1 is 1.25 bits per heavy atom. The number of hydroxylamine groups is 3. The van der Waals surface area contributed by atoms with Crippen molar-refractivity contribution in [2.45, 2.75) is 43.9 Å². The van der Waals surface area contributed by atoms with Gasteiger partial charge in [0.05, 0.1) is 12.6 Å². The van der Waals surface area contributed by atoms with Crippen LogP contribution in [0.15, 0.2) is 0 Å². The predicted molar refractivity (Wildman–Crippen MR) is 87.7 cm³/mol. The number of carboxylic acid groups (broad SMARTS) is 1. The zero-order chi connectivity index (χ0) is 20.3. The summed E-state index contributed by atoms with van der Waals surface area (Å²) in [7, 11) is -4.87. The fourth-order valence-electron chi connectivity index (χ4n) is 4.26. The molecule has 4 aliphatic rings. The van der Waals surface area contributed by atoms with Crippen LogP contribution < -0.4 is 5.48 Å². The molecule has 4 fully saturated rings. The van der Waals surface area contributed by atoms with E-state index >= 15 is 0 Å². The first-order valence-electron chi connectivity index (χ1n) is 8.80. The highest BCUT2D eigenvalue weighted by Gasteiger charge is 2.65. The first kappa shape index (κ1) is 19.2. The molecule has 3 N–H and O–H groups in total. The molecule has 0 aromatic rings. The summed E-state index contributed by atoms with van der Waals surface area (Å²) in [4.78, 5) is 43.8. The third-order valence-corrected chi connectivity index (χ3v) is 6.23. The predicted octanol–water partition coefficient (Wildman–Crippen LogP) is -0.820. The van der Waals surface area contributed by atoms with E-state index in [1.165, 1.54) is 9.80 Å². The topological polar surface area (TPSA) is 166 Å². The van der Waals surface area contributed by atoms with E-state index in [-0.39, 0.29) is 13.1 Å². The average Bonchev–Trinajstić information content (AvgIpc) is 3.10. The van der Waals surface area contributed by atoms with E-state index < -0.39 is 52.0 Å². The first-order chi connectivity index (χ1) is 13.1. The van der Waals surface area contributed by atoms with Crippen LogP contribution in [-0.2, 0) is 24.3 Å². The second-order valence-corrected chi connectivity index (χ2v) is 8.59. The number of hydrogen-bond acceptors (Lipinski definition) is 7. The van der Waals surface area contributed by atoms with Crippen LogP contribution in [-0.4, -0.2) is 88.8 Å². The van der Waals surface area contributed by atoms with Gasteiger partial charge < -0.3 is 14.9 Å². The lowest BCUT2D eigenvalue weighted by Gasteiger charge is -2.35. The maximum absolute atomic E-state index is 12.6. The lowest BCUT2D eigenvalue weighted by molar-refractivity contribution is -0.144. The molecule has 1 aliphatic carbocycles. The van der Waals surface area contributed by atoms with Crippen molar-refractivity contribution in [3.63, 3.8) is 0 Å². The molecule has 156 valence electrons. The molecule has 3 saturated heterocycles. The molecule has 0 radical (unpaired) electrons. The third kappa shape index (κ3) is 3.36. The van der Waals surface area contributed by atoms with Gasteiger partial charge in [-0.15, -0.1) is 4.28 Å². The summed E-state index contributed by atoms with van der Waals surface area (Å²) in [5.74, 6) is -0.569. The number of amides is 4. The maximum atomic E-state index is 12.6. The molecule has 28 heavy (non-hydrogen) atoms. The van der Waals surface area contributed by atoms with Crippen molar-refractivity contribution in [2.75, 3.05) is 19.6 Å². The van der Waals surface area contributed by atoms with Crippen LogP contribution in [0.4, 0.5) is 9.59 Å². The molecule has 1 saturated carbocycles. The van der Waals surface area contributed by atoms with E-state index in [0.717, 1.165) is 0 Å². The summed E-state index contributed by atoms with van der Waals surface area (Å²) in [5.41, 5.74) is 1.86. The number of piperidine rings is 1. The standard InChI is InChI=1S/C14H20N4O9S/c19-11(15-26-8-1-4-16(6-8)13(21)22)9-5-14(2-3-14)10-7-17(9)12(20)18(10)27-28(23,24)25/h8-10H,1-7H2,(H,15,19)(H,21,22)(H,23,24,25)/t8-,9-,10-/m0/s1. The average molecular weight is 420 g/mol. The molecule has 1 spiro atoms. The minimum absolute atomic E-state index is 0.0999. The van der Waals surface area contributed by atoms with Gasteiger partial charge >= 0.3 is 22.5 Å². The van der Waals surface area contributed by atoms with Crippen molar-refractivity contribution >= 4 is 28.4 Å². The number of fused-ring (bicyclic) bond motifs is 3. The number of rotatable bonds is 5. The lowest BCUT2D eigenvalue weighted by atomic mass is 9.85. The Balaban J connectivity index is 1.41. The number of likely N-dealkylation sites (tertiary alicyclic amines) is 1. The molecule has 0 unspecified atom stereocenters. The molecule has 14 heteroatoms. The number of nitrogens with one attached hydrogen (secondary N) is 1. The van der Waals surface area contributed by atoms with Gasteiger partial charge in [-0.2, -0.15) is 13.5 Å². The Hall–Kier alpha value is -2.16. The van der Waals surface area contributed by atoms with E-state index in [2.05, 4.69) is 9.76 Å². The van der Waals surface area contributed by atoms with Crippen LogP contribution in [0, 0.1) is 5.41 Å². The molecule has 3 aliphatic heterocycles. The number of urea groups is 1. The summed E-state index contributed by atoms with van der Waals surface area (Å²) < 4.78 is 35.5. The molecule has 3 atom stereocenters. The Morgan fingerprint density at radius 2 is 1.96 bits per heavy atom. The van der Waals surface area contributed by atoms with Gasteiger partial charge in [0.15, 0.2) is 0 Å². The van der Waals surface area contributed by atoms with Crippen LogP contribution >= 0.6 is 0 Å². The van der Waals surface area contributed by atoms with Gasteiger partial charge in [0.25, 0.3) is 5.91 Å². The second kappa shape index (κ2) is 6.43. The molecule has 0 aromatic heterocycles. The number of nitrogens with zero attached hydrogens (tertiary/aromatic N) is 3. The molecule has 2 bridgehead atoms. The van der Waals surface area contributed by atoms with E-state index in [9.17, 15) is 22.8 Å². The van der Waals surface area contributed by atoms with Gasteiger partial charge in [-0.05, 0) is 31.1 Å². The quantitative estimate of drug-likeness (QED) is 0.380. The molecule has 3 heterocycles. The summed E-state index contributed by atoms with van der Waals surface area (Å²) >= 11 is 0. The summed E-state index contributed by atoms with van der Waals surface area (Å²) in [5, 5.41) is 9.58. The van der Waals surface area contributed by atoms with Crippen LogP contribution in [0.5, 0.6) is 0 Å². The smallest absolute Gasteiger partial charge is 0.418 e.